The molecule has 10 heteroatoms. The molecular weight excluding hydrogens is 456 g/mol. The largest absolute Gasteiger partial charge is 0.497 e. The molecular formula is C25H24N2O8. The molecule has 0 saturated carbocycles. The van der Waals surface area contributed by atoms with Crippen molar-refractivity contribution in [1.82, 2.24) is 9.55 Å². The highest BCUT2D eigenvalue weighted by Crippen LogP contribution is 2.31. The molecule has 2 aromatic carbocycles. The zero-order valence-corrected chi connectivity index (χ0v) is 19.1. The summed E-state index contributed by atoms with van der Waals surface area (Å²) in [5.74, 6) is -0.578. The number of ether oxygens (including phenoxy) is 4. The lowest BCUT2D eigenvalue weighted by molar-refractivity contribution is -0.0582. The maximum atomic E-state index is 12.8. The normalized spacial score (nSPS) is 19.2. The third-order valence-corrected chi connectivity index (χ3v) is 5.61. The number of H-pyrrole nitrogens is 1. The van der Waals surface area contributed by atoms with Gasteiger partial charge in [0, 0.05) is 18.2 Å². The van der Waals surface area contributed by atoms with Crippen molar-refractivity contribution < 1.29 is 28.5 Å². The fourth-order valence-electron chi connectivity index (χ4n) is 3.69. The SMILES string of the molecule is COc1ccc(C(=O)O[C@H]2CC(n3cc(C)c(=O)[nH]c3=O)O[C@@H]2COC(=O)c2ccccc2)cc1. The molecule has 35 heavy (non-hydrogen) atoms. The van der Waals surface area contributed by atoms with Crippen LogP contribution in [0.2, 0.25) is 0 Å². The summed E-state index contributed by atoms with van der Waals surface area (Å²) in [4.78, 5) is 51.5. The van der Waals surface area contributed by atoms with Gasteiger partial charge < -0.3 is 18.9 Å². The fraction of sp³-hybridized carbons (Fsp3) is 0.280. The average Bonchev–Trinajstić information content (AvgIpc) is 3.27. The van der Waals surface area contributed by atoms with E-state index in [-0.39, 0.29) is 13.0 Å². The Labute approximate surface area is 200 Å². The molecule has 0 spiro atoms. The number of esters is 2. The van der Waals surface area contributed by atoms with E-state index in [0.717, 1.165) is 0 Å². The fourth-order valence-corrected chi connectivity index (χ4v) is 3.69. The summed E-state index contributed by atoms with van der Waals surface area (Å²) in [6.07, 6.45) is -1.01. The van der Waals surface area contributed by atoms with E-state index in [9.17, 15) is 19.2 Å². The number of aromatic amines is 1. The van der Waals surface area contributed by atoms with Gasteiger partial charge in [0.1, 0.15) is 30.8 Å². The molecule has 0 radical (unpaired) electrons. The first-order chi connectivity index (χ1) is 16.9. The van der Waals surface area contributed by atoms with Crippen LogP contribution in [0.15, 0.2) is 70.4 Å². The molecule has 1 N–H and O–H groups in total. The second-order valence-corrected chi connectivity index (χ2v) is 7.98. The molecule has 0 aliphatic carbocycles. The Bertz CT molecular complexity index is 1310. The number of hydrogen-bond acceptors (Lipinski definition) is 8. The van der Waals surface area contributed by atoms with E-state index in [4.69, 9.17) is 18.9 Å². The Hall–Kier alpha value is -4.18. The molecule has 1 unspecified atom stereocenters. The number of methoxy groups -OCH3 is 1. The molecule has 2 heterocycles. The Morgan fingerprint density at radius 2 is 1.71 bits per heavy atom. The highest BCUT2D eigenvalue weighted by molar-refractivity contribution is 5.90. The molecule has 4 rings (SSSR count). The number of aryl methyl sites for hydroxylation is 1. The number of carbonyl (C=O) groups excluding carboxylic acids is 2. The molecule has 1 saturated heterocycles. The van der Waals surface area contributed by atoms with E-state index in [1.54, 1.807) is 61.5 Å². The maximum absolute atomic E-state index is 12.8. The second-order valence-electron chi connectivity index (χ2n) is 7.98. The summed E-state index contributed by atoms with van der Waals surface area (Å²) in [5.41, 5.74) is -0.181. The smallest absolute Gasteiger partial charge is 0.338 e. The maximum Gasteiger partial charge on any atom is 0.338 e. The van der Waals surface area contributed by atoms with Crippen molar-refractivity contribution in [3.05, 3.63) is 98.3 Å². The number of rotatable bonds is 7. The zero-order chi connectivity index (χ0) is 24.9. The van der Waals surface area contributed by atoms with Crippen molar-refractivity contribution in [3.8, 4) is 5.75 Å². The molecule has 3 aromatic rings. The predicted molar refractivity (Wildman–Crippen MR) is 124 cm³/mol. The topological polar surface area (TPSA) is 126 Å². The van der Waals surface area contributed by atoms with Gasteiger partial charge in [0.25, 0.3) is 5.56 Å². The van der Waals surface area contributed by atoms with E-state index < -0.39 is 41.6 Å². The van der Waals surface area contributed by atoms with Crippen molar-refractivity contribution in [1.29, 1.82) is 0 Å². The average molecular weight is 480 g/mol. The second kappa shape index (κ2) is 10.4. The van der Waals surface area contributed by atoms with Crippen LogP contribution >= 0.6 is 0 Å². The standard InChI is InChI=1S/C25H24N2O8/c1-15-13-27(25(31)26-22(15)28)21-12-19(35-24(30)17-8-10-18(32-2)11-9-17)20(34-21)14-33-23(29)16-6-4-3-5-7-16/h3-11,13,19-21H,12,14H2,1-2H3,(H,26,28,31)/t19-,20+,21?/m0/s1. The van der Waals surface area contributed by atoms with E-state index in [1.807, 2.05) is 0 Å². The minimum atomic E-state index is -0.841. The summed E-state index contributed by atoms with van der Waals surface area (Å²) >= 11 is 0. The lowest BCUT2D eigenvalue weighted by Gasteiger charge is -2.19. The van der Waals surface area contributed by atoms with Crippen molar-refractivity contribution in [2.24, 2.45) is 0 Å². The van der Waals surface area contributed by atoms with Gasteiger partial charge in [0.05, 0.1) is 18.2 Å². The molecule has 1 aliphatic heterocycles. The Morgan fingerprint density at radius 3 is 2.40 bits per heavy atom. The molecule has 0 amide bonds. The number of nitrogens with one attached hydrogen (secondary N) is 1. The molecule has 182 valence electrons. The van der Waals surface area contributed by atoms with Crippen LogP contribution in [-0.2, 0) is 14.2 Å². The van der Waals surface area contributed by atoms with Crippen molar-refractivity contribution >= 4 is 11.9 Å². The highest BCUT2D eigenvalue weighted by atomic mass is 16.6. The van der Waals surface area contributed by atoms with Crippen LogP contribution in [0.5, 0.6) is 5.75 Å². The third-order valence-electron chi connectivity index (χ3n) is 5.61. The van der Waals surface area contributed by atoms with Crippen molar-refractivity contribution in [2.45, 2.75) is 31.8 Å². The molecule has 1 fully saturated rings. The van der Waals surface area contributed by atoms with Gasteiger partial charge >= 0.3 is 17.6 Å². The van der Waals surface area contributed by atoms with Gasteiger partial charge in [-0.25, -0.2) is 14.4 Å². The van der Waals surface area contributed by atoms with Crippen molar-refractivity contribution in [2.75, 3.05) is 13.7 Å². The van der Waals surface area contributed by atoms with Crippen LogP contribution in [0.1, 0.15) is 38.9 Å². The number of hydrogen-bond donors (Lipinski definition) is 1. The molecule has 1 aromatic heterocycles. The van der Waals surface area contributed by atoms with E-state index >= 15 is 0 Å². The number of nitrogens with zero attached hydrogens (tertiary/aromatic N) is 1. The summed E-state index contributed by atoms with van der Waals surface area (Å²) in [6.45, 7) is 1.35. The zero-order valence-electron chi connectivity index (χ0n) is 19.1. The van der Waals surface area contributed by atoms with Crippen LogP contribution in [0, 0.1) is 6.92 Å². The van der Waals surface area contributed by atoms with Gasteiger partial charge in [-0.15, -0.1) is 0 Å². The molecule has 1 aliphatic rings. The Morgan fingerprint density at radius 1 is 1.03 bits per heavy atom. The van der Waals surface area contributed by atoms with Crippen LogP contribution in [-0.4, -0.2) is 47.4 Å². The van der Waals surface area contributed by atoms with Gasteiger partial charge in [-0.1, -0.05) is 18.2 Å². The van der Waals surface area contributed by atoms with Gasteiger partial charge in [-0.2, -0.15) is 0 Å². The van der Waals surface area contributed by atoms with Crippen LogP contribution in [0.4, 0.5) is 0 Å². The summed E-state index contributed by atoms with van der Waals surface area (Å²) in [5, 5.41) is 0. The molecule has 10 nitrogen and oxygen atoms in total. The van der Waals surface area contributed by atoms with Crippen LogP contribution in [0.3, 0.4) is 0 Å². The minimum Gasteiger partial charge on any atom is -0.497 e. The van der Waals surface area contributed by atoms with Crippen molar-refractivity contribution in [3.63, 3.8) is 0 Å². The van der Waals surface area contributed by atoms with Gasteiger partial charge in [0.15, 0.2) is 0 Å². The summed E-state index contributed by atoms with van der Waals surface area (Å²) in [6, 6.07) is 14.8. The quantitative estimate of drug-likeness (QED) is 0.510. The first-order valence-electron chi connectivity index (χ1n) is 10.9. The van der Waals surface area contributed by atoms with E-state index in [1.165, 1.54) is 17.9 Å². The summed E-state index contributed by atoms with van der Waals surface area (Å²) in [7, 11) is 1.52. The Kier molecular flexibility index (Phi) is 7.11. The number of carbonyl (C=O) groups is 2. The number of benzene rings is 2. The minimum absolute atomic E-state index is 0.112. The number of aromatic nitrogens is 2. The van der Waals surface area contributed by atoms with Gasteiger partial charge in [0.2, 0.25) is 0 Å². The molecule has 3 atom stereocenters. The first kappa shape index (κ1) is 24.0. The van der Waals surface area contributed by atoms with E-state index in [0.29, 0.717) is 22.4 Å². The van der Waals surface area contributed by atoms with Crippen LogP contribution in [0.25, 0.3) is 0 Å². The third kappa shape index (κ3) is 5.49. The van der Waals surface area contributed by atoms with Gasteiger partial charge in [-0.05, 0) is 43.3 Å². The highest BCUT2D eigenvalue weighted by Gasteiger charge is 2.40. The Balaban J connectivity index is 1.53. The summed E-state index contributed by atoms with van der Waals surface area (Å²) < 4.78 is 23.4. The van der Waals surface area contributed by atoms with Crippen LogP contribution < -0.4 is 16.0 Å². The monoisotopic (exact) mass is 480 g/mol. The predicted octanol–water partition coefficient (Wildman–Crippen LogP) is 2.22. The van der Waals surface area contributed by atoms with E-state index in [2.05, 4.69) is 4.98 Å². The first-order valence-corrected chi connectivity index (χ1v) is 10.9. The van der Waals surface area contributed by atoms with Gasteiger partial charge in [-0.3, -0.25) is 14.3 Å². The molecule has 0 bridgehead atoms. The lowest BCUT2D eigenvalue weighted by Crippen LogP contribution is -2.33. The lowest BCUT2D eigenvalue weighted by atomic mass is 10.1.